The monoisotopic (exact) mass is 469 g/mol. The highest BCUT2D eigenvalue weighted by atomic mass is 19.1. The molecule has 3 atom stereocenters. The molecule has 1 N–H and O–H groups in total. The predicted molar refractivity (Wildman–Crippen MR) is 123 cm³/mol. The second-order valence-electron chi connectivity index (χ2n) is 8.27. The van der Waals surface area contributed by atoms with Gasteiger partial charge in [0.1, 0.15) is 11.9 Å². The number of anilines is 1. The molecule has 2 aliphatic rings. The van der Waals surface area contributed by atoms with E-state index in [4.69, 9.17) is 9.47 Å². The van der Waals surface area contributed by atoms with Crippen molar-refractivity contribution in [3.63, 3.8) is 0 Å². The Balaban J connectivity index is 1.39. The summed E-state index contributed by atoms with van der Waals surface area (Å²) in [6.07, 6.45) is -1.55. The maximum absolute atomic E-state index is 13.4. The van der Waals surface area contributed by atoms with Gasteiger partial charge in [0.2, 0.25) is 5.91 Å². The second-order valence-corrected chi connectivity index (χ2v) is 8.27. The van der Waals surface area contributed by atoms with Crippen molar-refractivity contribution in [1.82, 2.24) is 10.2 Å². The third-order valence-electron chi connectivity index (χ3n) is 5.95. The summed E-state index contributed by atoms with van der Waals surface area (Å²) in [7, 11) is 0. The second kappa shape index (κ2) is 10.6. The summed E-state index contributed by atoms with van der Waals surface area (Å²) in [4.78, 5) is 41.8. The molecule has 2 aliphatic heterocycles. The summed E-state index contributed by atoms with van der Waals surface area (Å²) < 4.78 is 23.3. The van der Waals surface area contributed by atoms with Crippen LogP contribution in [0.2, 0.25) is 0 Å². The summed E-state index contributed by atoms with van der Waals surface area (Å²) in [5.41, 5.74) is 1.81. The van der Waals surface area contributed by atoms with Crippen LogP contribution in [-0.4, -0.2) is 73.7 Å². The smallest absolute Gasteiger partial charge is 0.338 e. The van der Waals surface area contributed by atoms with Gasteiger partial charge in [0.15, 0.2) is 12.2 Å². The molecule has 2 fully saturated rings. The number of nitrogens with one attached hydrogen (secondary N) is 1. The standard InChI is InChI=1S/C25H28FN3O5/c1-2-33-25(32)22-21(34-22)23(30)27-20(16-17-6-4-3-5-7-17)24(31)29-14-12-28(13-15-29)19-10-8-18(26)9-11-19/h3-11,20-22H,2,12-16H2,1H3,(H,27,30)/t20?,21-,22-/m0/s1. The molecule has 0 aliphatic carbocycles. The molecule has 4 rings (SSSR count). The van der Waals surface area contributed by atoms with Crippen LogP contribution >= 0.6 is 0 Å². The number of hydrogen-bond donors (Lipinski definition) is 1. The lowest BCUT2D eigenvalue weighted by Gasteiger charge is -2.37. The van der Waals surface area contributed by atoms with Crippen LogP contribution in [-0.2, 0) is 30.3 Å². The van der Waals surface area contributed by atoms with Crippen LogP contribution in [0.5, 0.6) is 0 Å². The molecule has 1 unspecified atom stereocenters. The Kier molecular flexibility index (Phi) is 7.42. The van der Waals surface area contributed by atoms with E-state index in [-0.39, 0.29) is 18.3 Å². The van der Waals surface area contributed by atoms with Crippen molar-refractivity contribution < 1.29 is 28.2 Å². The minimum Gasteiger partial charge on any atom is -0.464 e. The van der Waals surface area contributed by atoms with Crippen LogP contribution in [0.25, 0.3) is 0 Å². The Morgan fingerprint density at radius 2 is 1.71 bits per heavy atom. The van der Waals surface area contributed by atoms with Crippen LogP contribution in [0, 0.1) is 5.82 Å². The molecule has 0 bridgehead atoms. The van der Waals surface area contributed by atoms with Gasteiger partial charge in [-0.15, -0.1) is 0 Å². The van der Waals surface area contributed by atoms with Gasteiger partial charge in [0, 0.05) is 38.3 Å². The van der Waals surface area contributed by atoms with Gasteiger partial charge < -0.3 is 24.6 Å². The zero-order valence-corrected chi connectivity index (χ0v) is 19.0. The van der Waals surface area contributed by atoms with Crippen molar-refractivity contribution >= 4 is 23.5 Å². The Labute approximate surface area is 197 Å². The number of halogens is 1. The van der Waals surface area contributed by atoms with Gasteiger partial charge in [0.05, 0.1) is 6.61 Å². The van der Waals surface area contributed by atoms with Crippen LogP contribution in [0.4, 0.5) is 10.1 Å². The van der Waals surface area contributed by atoms with E-state index in [0.29, 0.717) is 32.6 Å². The highest BCUT2D eigenvalue weighted by Gasteiger charge is 2.52. The van der Waals surface area contributed by atoms with Gasteiger partial charge >= 0.3 is 5.97 Å². The van der Waals surface area contributed by atoms with Gasteiger partial charge in [-0.3, -0.25) is 9.59 Å². The lowest BCUT2D eigenvalue weighted by atomic mass is 10.0. The van der Waals surface area contributed by atoms with Crippen molar-refractivity contribution in [2.75, 3.05) is 37.7 Å². The Bertz CT molecular complexity index is 1010. The quantitative estimate of drug-likeness (QED) is 0.466. The maximum Gasteiger partial charge on any atom is 0.338 e. The van der Waals surface area contributed by atoms with Crippen LogP contribution in [0.3, 0.4) is 0 Å². The summed E-state index contributed by atoms with van der Waals surface area (Å²) >= 11 is 0. The van der Waals surface area contributed by atoms with E-state index in [2.05, 4.69) is 10.2 Å². The normalized spacial score (nSPS) is 20.4. The van der Waals surface area contributed by atoms with E-state index in [0.717, 1.165) is 11.3 Å². The van der Waals surface area contributed by atoms with E-state index < -0.39 is 30.1 Å². The number of carbonyl (C=O) groups excluding carboxylic acids is 3. The predicted octanol–water partition coefficient (Wildman–Crippen LogP) is 1.53. The zero-order chi connectivity index (χ0) is 24.1. The molecule has 0 spiro atoms. The van der Waals surface area contributed by atoms with Gasteiger partial charge in [0.25, 0.3) is 5.91 Å². The average molecular weight is 470 g/mol. The number of hydrogen-bond acceptors (Lipinski definition) is 6. The molecule has 2 saturated heterocycles. The first-order valence-electron chi connectivity index (χ1n) is 11.4. The van der Waals surface area contributed by atoms with Crippen LogP contribution in [0.15, 0.2) is 54.6 Å². The van der Waals surface area contributed by atoms with Gasteiger partial charge in [-0.25, -0.2) is 9.18 Å². The zero-order valence-electron chi connectivity index (χ0n) is 19.0. The lowest BCUT2D eigenvalue weighted by molar-refractivity contribution is -0.144. The first-order chi connectivity index (χ1) is 16.5. The number of nitrogens with zero attached hydrogens (tertiary/aromatic N) is 2. The fraction of sp³-hybridized carbons (Fsp3) is 0.400. The molecule has 0 radical (unpaired) electrons. The number of benzene rings is 2. The van der Waals surface area contributed by atoms with Gasteiger partial charge in [-0.2, -0.15) is 0 Å². The number of epoxide rings is 1. The largest absolute Gasteiger partial charge is 0.464 e. The molecule has 8 nitrogen and oxygen atoms in total. The van der Waals surface area contributed by atoms with Crippen molar-refractivity contribution in [2.24, 2.45) is 0 Å². The molecule has 9 heteroatoms. The minimum atomic E-state index is -0.944. The Morgan fingerprint density at radius 3 is 2.35 bits per heavy atom. The van der Waals surface area contributed by atoms with Crippen molar-refractivity contribution in [3.05, 3.63) is 66.0 Å². The van der Waals surface area contributed by atoms with Crippen molar-refractivity contribution in [3.8, 4) is 0 Å². The average Bonchev–Trinajstić information content (AvgIpc) is 3.66. The summed E-state index contributed by atoms with van der Waals surface area (Å²) in [5.74, 6) is -1.56. The molecule has 2 heterocycles. The Hall–Kier alpha value is -3.46. The summed E-state index contributed by atoms with van der Waals surface area (Å²) in [6.45, 7) is 4.03. The number of amides is 2. The molecule has 2 aromatic rings. The first kappa shape index (κ1) is 23.7. The van der Waals surface area contributed by atoms with Gasteiger partial charge in [-0.1, -0.05) is 30.3 Å². The SMILES string of the molecule is CCOC(=O)[C@H]1O[C@@H]1C(=O)NC(Cc1ccccc1)C(=O)N1CCN(c2ccc(F)cc2)CC1. The molecular formula is C25H28FN3O5. The Morgan fingerprint density at radius 1 is 1.03 bits per heavy atom. The summed E-state index contributed by atoms with van der Waals surface area (Å²) in [5, 5.41) is 2.78. The van der Waals surface area contributed by atoms with Crippen LogP contribution < -0.4 is 10.2 Å². The van der Waals surface area contributed by atoms with Gasteiger partial charge in [-0.05, 0) is 36.8 Å². The molecule has 0 saturated carbocycles. The maximum atomic E-state index is 13.4. The number of rotatable bonds is 8. The van der Waals surface area contributed by atoms with Crippen LogP contribution in [0.1, 0.15) is 12.5 Å². The van der Waals surface area contributed by atoms with E-state index in [1.807, 2.05) is 30.3 Å². The lowest BCUT2D eigenvalue weighted by Crippen LogP contribution is -2.56. The molecule has 0 aromatic heterocycles. The minimum absolute atomic E-state index is 0.190. The topological polar surface area (TPSA) is 91.5 Å². The molecule has 2 aromatic carbocycles. The molecule has 2 amide bonds. The molecule has 180 valence electrons. The molecular weight excluding hydrogens is 441 g/mol. The van der Waals surface area contributed by atoms with Crippen molar-refractivity contribution in [2.45, 2.75) is 31.6 Å². The van der Waals surface area contributed by atoms with E-state index in [9.17, 15) is 18.8 Å². The number of carbonyl (C=O) groups is 3. The summed E-state index contributed by atoms with van der Waals surface area (Å²) in [6, 6.07) is 14.9. The highest BCUT2D eigenvalue weighted by Crippen LogP contribution is 2.24. The highest BCUT2D eigenvalue weighted by molar-refractivity contribution is 5.95. The fourth-order valence-electron chi connectivity index (χ4n) is 4.08. The number of esters is 1. The van der Waals surface area contributed by atoms with Crippen molar-refractivity contribution in [1.29, 1.82) is 0 Å². The third kappa shape index (κ3) is 5.72. The van der Waals surface area contributed by atoms with E-state index >= 15 is 0 Å². The number of ether oxygens (including phenoxy) is 2. The fourth-order valence-corrected chi connectivity index (χ4v) is 4.08. The third-order valence-corrected chi connectivity index (χ3v) is 5.95. The van der Waals surface area contributed by atoms with E-state index in [1.54, 1.807) is 24.0 Å². The van der Waals surface area contributed by atoms with E-state index in [1.165, 1.54) is 12.1 Å². The first-order valence-corrected chi connectivity index (χ1v) is 11.4. The molecule has 34 heavy (non-hydrogen) atoms. The number of piperazine rings is 1.